The van der Waals surface area contributed by atoms with Crippen LogP contribution >= 0.6 is 8.25 Å². The first-order valence-corrected chi connectivity index (χ1v) is 3.64. The van der Waals surface area contributed by atoms with E-state index in [0.717, 1.165) is 0 Å². The largest absolute Gasteiger partial charge is 0.692 e. The zero-order valence-electron chi connectivity index (χ0n) is 5.34. The number of H-pyrrole nitrogens is 1. The van der Waals surface area contributed by atoms with Gasteiger partial charge in [-0.25, -0.2) is 9.78 Å². The Morgan fingerprint density at radius 3 is 2.27 bits per heavy atom. The molecule has 11 heavy (non-hydrogen) atoms. The summed E-state index contributed by atoms with van der Waals surface area (Å²) in [6, 6.07) is 1.65. The van der Waals surface area contributed by atoms with Gasteiger partial charge in [-0.1, -0.05) is 0 Å². The Morgan fingerprint density at radius 1 is 1.55 bits per heavy atom. The normalized spacial score (nSPS) is 7.82. The number of aromatic nitrogens is 2. The van der Waals surface area contributed by atoms with Gasteiger partial charge in [0, 0.05) is 17.0 Å². The molecule has 0 saturated heterocycles. The van der Waals surface area contributed by atoms with E-state index in [2.05, 4.69) is 9.97 Å². The average molecular weight is 177 g/mol. The molecule has 0 unspecified atom stereocenters. The second kappa shape index (κ2) is 5.67. The number of aromatic amines is 1. The second-order valence-electron chi connectivity index (χ2n) is 1.34. The summed E-state index contributed by atoms with van der Waals surface area (Å²) < 4.78 is 8.70. The summed E-state index contributed by atoms with van der Waals surface area (Å²) in [5.74, 6) is 0. The molecular weight excluding hydrogens is 171 g/mol. The van der Waals surface area contributed by atoms with Gasteiger partial charge in [0.2, 0.25) is 0 Å². The minimum atomic E-state index is -2.87. The molecule has 0 fully saturated rings. The van der Waals surface area contributed by atoms with Crippen molar-refractivity contribution in [3.8, 4) is 0 Å². The van der Waals surface area contributed by atoms with Crippen LogP contribution in [-0.4, -0.2) is 19.8 Å². The quantitative estimate of drug-likeness (QED) is 0.459. The molecule has 0 aliphatic rings. The van der Waals surface area contributed by atoms with E-state index in [4.69, 9.17) is 14.4 Å². The predicted octanol–water partition coefficient (Wildman–Crippen LogP) is -0.602. The van der Waals surface area contributed by atoms with Gasteiger partial charge in [-0.3, -0.25) is 0 Å². The highest BCUT2D eigenvalue weighted by atomic mass is 31.1. The van der Waals surface area contributed by atoms with Crippen LogP contribution in [0, 0.1) is 0 Å². The fraction of sp³-hybridized carbons (Fsp3) is 0. The smallest absolute Gasteiger partial charge is 0.313 e. The van der Waals surface area contributed by atoms with Gasteiger partial charge in [-0.05, 0) is 6.07 Å². The van der Waals surface area contributed by atoms with Gasteiger partial charge >= 0.3 is 13.9 Å². The standard InChI is InChI=1S/C4H4N2O.HO3P/c7-4-5-2-1-3-6-4;1-4(2)3/h1-3H,(H,5,6,7);(H-,1,2,3)/p+1. The average Bonchev–Trinajstić information content (AvgIpc) is 1.87. The lowest BCUT2D eigenvalue weighted by Gasteiger charge is -1.72. The number of nitrogens with one attached hydrogen (secondary N) is 1. The molecular formula is C4H6N2O4P+. The minimum Gasteiger partial charge on any atom is -0.313 e. The summed E-state index contributed by atoms with van der Waals surface area (Å²) in [7, 11) is -2.87. The van der Waals surface area contributed by atoms with Crippen LogP contribution in [0.25, 0.3) is 0 Å². The van der Waals surface area contributed by atoms with Crippen molar-refractivity contribution in [3.63, 3.8) is 0 Å². The zero-order chi connectivity index (χ0) is 8.69. The molecule has 0 aliphatic heterocycles. The maximum absolute atomic E-state index is 10.1. The maximum atomic E-state index is 10.1. The van der Waals surface area contributed by atoms with Crippen LogP contribution in [-0.2, 0) is 4.57 Å². The maximum Gasteiger partial charge on any atom is 0.692 e. The summed E-state index contributed by atoms with van der Waals surface area (Å²) in [6.45, 7) is 0. The molecule has 1 aromatic rings. The first-order valence-electron chi connectivity index (χ1n) is 2.47. The molecule has 1 rings (SSSR count). The van der Waals surface area contributed by atoms with Gasteiger partial charge in [0.25, 0.3) is 0 Å². The van der Waals surface area contributed by atoms with E-state index in [9.17, 15) is 4.79 Å². The lowest BCUT2D eigenvalue weighted by atomic mass is 10.7. The molecule has 0 bridgehead atoms. The van der Waals surface area contributed by atoms with Crippen LogP contribution in [0.1, 0.15) is 0 Å². The molecule has 0 atom stereocenters. The zero-order valence-corrected chi connectivity index (χ0v) is 6.23. The SMILES string of the molecule is O=[P+](O)O.O=c1nccc[nH]1. The molecule has 0 spiro atoms. The van der Waals surface area contributed by atoms with Crippen LogP contribution in [0.5, 0.6) is 0 Å². The molecule has 0 amide bonds. The van der Waals surface area contributed by atoms with E-state index in [-0.39, 0.29) is 5.69 Å². The molecule has 1 aromatic heterocycles. The molecule has 60 valence electrons. The highest BCUT2D eigenvalue weighted by Gasteiger charge is 1.93. The topological polar surface area (TPSA) is 103 Å². The summed E-state index contributed by atoms with van der Waals surface area (Å²) in [5, 5.41) is 0. The second-order valence-corrected chi connectivity index (χ2v) is 1.85. The summed E-state index contributed by atoms with van der Waals surface area (Å²) >= 11 is 0. The van der Waals surface area contributed by atoms with E-state index in [0.29, 0.717) is 0 Å². The summed E-state index contributed by atoms with van der Waals surface area (Å²) in [6.07, 6.45) is 2.98. The highest BCUT2D eigenvalue weighted by molar-refractivity contribution is 7.30. The molecule has 0 aromatic carbocycles. The van der Waals surface area contributed by atoms with Crippen molar-refractivity contribution in [2.75, 3.05) is 0 Å². The van der Waals surface area contributed by atoms with E-state index < -0.39 is 8.25 Å². The van der Waals surface area contributed by atoms with Crippen LogP contribution in [0.15, 0.2) is 23.3 Å². The first kappa shape index (κ1) is 9.90. The highest BCUT2D eigenvalue weighted by Crippen LogP contribution is 1.98. The molecule has 0 radical (unpaired) electrons. The van der Waals surface area contributed by atoms with Gasteiger partial charge in [0.1, 0.15) is 0 Å². The van der Waals surface area contributed by atoms with Crippen molar-refractivity contribution in [2.24, 2.45) is 0 Å². The number of nitrogens with zero attached hydrogens (tertiary/aromatic N) is 1. The van der Waals surface area contributed by atoms with Crippen LogP contribution in [0.3, 0.4) is 0 Å². The van der Waals surface area contributed by atoms with E-state index in [1.165, 1.54) is 12.4 Å². The molecule has 1 heterocycles. The number of rotatable bonds is 0. The van der Waals surface area contributed by atoms with E-state index in [1.807, 2.05) is 0 Å². The predicted molar refractivity (Wildman–Crippen MR) is 36.9 cm³/mol. The lowest BCUT2D eigenvalue weighted by molar-refractivity contribution is 0.405. The Hall–Kier alpha value is -1.10. The Kier molecular flexibility index (Phi) is 5.10. The van der Waals surface area contributed by atoms with E-state index >= 15 is 0 Å². The van der Waals surface area contributed by atoms with Crippen LogP contribution in [0.2, 0.25) is 0 Å². The molecule has 0 aliphatic carbocycles. The number of hydrogen-bond acceptors (Lipinski definition) is 3. The Bertz CT molecular complexity index is 251. The van der Waals surface area contributed by atoms with Crippen molar-refractivity contribution in [1.82, 2.24) is 9.97 Å². The molecule has 7 heteroatoms. The van der Waals surface area contributed by atoms with Crippen LogP contribution in [0.4, 0.5) is 0 Å². The summed E-state index contributed by atoms with van der Waals surface area (Å²) in [4.78, 5) is 30.1. The fourth-order valence-corrected chi connectivity index (χ4v) is 0.310. The van der Waals surface area contributed by atoms with Crippen molar-refractivity contribution >= 4 is 8.25 Å². The Balaban J connectivity index is 0.000000218. The molecule has 6 nitrogen and oxygen atoms in total. The Labute approximate surface area is 62.5 Å². The molecule has 3 N–H and O–H groups in total. The first-order chi connectivity index (χ1) is 5.13. The van der Waals surface area contributed by atoms with Gasteiger partial charge in [-0.2, -0.15) is 0 Å². The van der Waals surface area contributed by atoms with Crippen molar-refractivity contribution in [2.45, 2.75) is 0 Å². The Morgan fingerprint density at radius 2 is 2.09 bits per heavy atom. The third-order valence-corrected chi connectivity index (χ3v) is 0.581. The minimum absolute atomic E-state index is 0.303. The monoisotopic (exact) mass is 177 g/mol. The summed E-state index contributed by atoms with van der Waals surface area (Å²) in [5.41, 5.74) is -0.303. The van der Waals surface area contributed by atoms with Gasteiger partial charge < -0.3 is 4.98 Å². The molecule has 0 saturated carbocycles. The van der Waals surface area contributed by atoms with E-state index in [1.54, 1.807) is 6.07 Å². The van der Waals surface area contributed by atoms with Crippen molar-refractivity contribution < 1.29 is 14.4 Å². The van der Waals surface area contributed by atoms with Gasteiger partial charge in [0.15, 0.2) is 0 Å². The third kappa shape index (κ3) is 8.90. The van der Waals surface area contributed by atoms with Gasteiger partial charge in [0.05, 0.1) is 0 Å². The number of hydrogen-bond donors (Lipinski definition) is 3. The van der Waals surface area contributed by atoms with Gasteiger partial charge in [-0.15, -0.1) is 9.79 Å². The lowest BCUT2D eigenvalue weighted by Crippen LogP contribution is -2.05. The van der Waals surface area contributed by atoms with Crippen LogP contribution < -0.4 is 5.69 Å². The third-order valence-electron chi connectivity index (χ3n) is 0.581. The fourth-order valence-electron chi connectivity index (χ4n) is 0.310. The van der Waals surface area contributed by atoms with Crippen molar-refractivity contribution in [3.05, 3.63) is 28.9 Å². The van der Waals surface area contributed by atoms with Crippen molar-refractivity contribution in [1.29, 1.82) is 0 Å².